The lowest BCUT2D eigenvalue weighted by molar-refractivity contribution is 0.154. The van der Waals surface area contributed by atoms with Crippen molar-refractivity contribution in [2.24, 2.45) is 0 Å². The number of nitrogens with one attached hydrogen (secondary N) is 1. The summed E-state index contributed by atoms with van der Waals surface area (Å²) in [5.74, 6) is 0.150. The maximum atomic E-state index is 14.4. The molecule has 0 radical (unpaired) electrons. The fraction of sp³-hybridized carbons (Fsp3) is 0.565. The SMILES string of the molecule is C[C@H](CO)Nc1cc(N(COCC[Si](C)(C)C)S(=O)(=O)N2CCC2)nc(SCc2cccc(Cl)c2F)n1. The molecule has 0 unspecified atom stereocenters. The molecular weight excluding hydrogens is 557 g/mol. The molecule has 9 nitrogen and oxygen atoms in total. The number of benzene rings is 1. The van der Waals surface area contributed by atoms with Crippen LogP contribution in [0, 0.1) is 5.82 Å². The van der Waals surface area contributed by atoms with E-state index in [2.05, 4.69) is 34.9 Å². The van der Waals surface area contributed by atoms with Gasteiger partial charge < -0.3 is 15.2 Å². The van der Waals surface area contributed by atoms with Crippen molar-refractivity contribution < 1.29 is 22.7 Å². The van der Waals surface area contributed by atoms with E-state index in [0.29, 0.717) is 31.1 Å². The molecule has 1 saturated heterocycles. The second kappa shape index (κ2) is 13.0. The van der Waals surface area contributed by atoms with Crippen LogP contribution in [0.2, 0.25) is 30.7 Å². The normalized spacial score (nSPS) is 15.3. The second-order valence-electron chi connectivity index (χ2n) is 10.1. The first kappa shape index (κ1) is 30.1. The third-order valence-electron chi connectivity index (χ3n) is 5.63. The van der Waals surface area contributed by atoms with Gasteiger partial charge in [-0.05, 0) is 31.0 Å². The molecule has 0 aliphatic carbocycles. The Morgan fingerprint density at radius 2 is 2.05 bits per heavy atom. The van der Waals surface area contributed by atoms with E-state index in [1.165, 1.54) is 16.4 Å². The molecule has 0 bridgehead atoms. The lowest BCUT2D eigenvalue weighted by Gasteiger charge is -2.35. The minimum absolute atomic E-state index is 0.0224. The minimum atomic E-state index is -3.88. The van der Waals surface area contributed by atoms with Crippen LogP contribution >= 0.6 is 23.4 Å². The molecule has 1 aliphatic rings. The van der Waals surface area contributed by atoms with Gasteiger partial charge in [0.2, 0.25) is 0 Å². The first-order valence-corrected chi connectivity index (χ1v) is 18.5. The number of ether oxygens (including phenoxy) is 1. The summed E-state index contributed by atoms with van der Waals surface area (Å²) in [6, 6.07) is 6.84. The van der Waals surface area contributed by atoms with Gasteiger partial charge in [0.25, 0.3) is 0 Å². The molecule has 37 heavy (non-hydrogen) atoms. The highest BCUT2D eigenvalue weighted by atomic mass is 35.5. The van der Waals surface area contributed by atoms with Crippen LogP contribution in [0.15, 0.2) is 29.4 Å². The van der Waals surface area contributed by atoms with Crippen molar-refractivity contribution in [2.45, 2.75) is 56.0 Å². The summed E-state index contributed by atoms with van der Waals surface area (Å²) in [5.41, 5.74) is 0.379. The number of aromatic nitrogens is 2. The minimum Gasteiger partial charge on any atom is -0.394 e. The highest BCUT2D eigenvalue weighted by molar-refractivity contribution is 7.98. The molecule has 1 aliphatic heterocycles. The van der Waals surface area contributed by atoms with E-state index in [0.717, 1.165) is 28.5 Å². The monoisotopic (exact) mass is 591 g/mol. The van der Waals surface area contributed by atoms with Gasteiger partial charge in [-0.1, -0.05) is 55.1 Å². The molecule has 2 aromatic rings. The van der Waals surface area contributed by atoms with Crippen LogP contribution in [0.5, 0.6) is 0 Å². The fourth-order valence-corrected chi connectivity index (χ4v) is 6.53. The maximum Gasteiger partial charge on any atom is 0.307 e. The highest BCUT2D eigenvalue weighted by Gasteiger charge is 2.35. The van der Waals surface area contributed by atoms with Crippen molar-refractivity contribution in [3.63, 3.8) is 0 Å². The zero-order chi connectivity index (χ0) is 27.2. The lowest BCUT2D eigenvalue weighted by Crippen LogP contribution is -2.51. The molecule has 1 aromatic heterocycles. The Morgan fingerprint density at radius 1 is 1.32 bits per heavy atom. The van der Waals surface area contributed by atoms with E-state index in [1.54, 1.807) is 19.1 Å². The molecule has 206 valence electrons. The van der Waals surface area contributed by atoms with Gasteiger partial charge in [-0.2, -0.15) is 12.7 Å². The van der Waals surface area contributed by atoms with Crippen LogP contribution in [0.1, 0.15) is 18.9 Å². The standard InChI is InChI=1S/C23H35ClFN5O4S2Si/c1-17(14-31)26-20-13-21(28-23(27-20)35-15-18-7-5-8-19(24)22(18)25)30(16-34-11-12-37(2,3)4)36(32,33)29-9-6-10-29/h5,7-8,13,17,31H,6,9-12,14-16H2,1-4H3,(H,26,27,28)/t17-/m1/s1. The largest absolute Gasteiger partial charge is 0.394 e. The molecule has 0 saturated carbocycles. The van der Waals surface area contributed by atoms with E-state index in [1.807, 2.05) is 0 Å². The van der Waals surface area contributed by atoms with Gasteiger partial charge in [0, 0.05) is 45.6 Å². The predicted octanol–water partition coefficient (Wildman–Crippen LogP) is 4.42. The molecule has 0 amide bonds. The van der Waals surface area contributed by atoms with Gasteiger partial charge in [-0.25, -0.2) is 18.7 Å². The molecule has 0 spiro atoms. The summed E-state index contributed by atoms with van der Waals surface area (Å²) >= 11 is 7.06. The van der Waals surface area contributed by atoms with Crippen LogP contribution in [0.4, 0.5) is 16.0 Å². The topological polar surface area (TPSA) is 108 Å². The second-order valence-corrected chi connectivity index (χ2v) is 18.9. The van der Waals surface area contributed by atoms with E-state index < -0.39 is 24.1 Å². The molecule has 14 heteroatoms. The van der Waals surface area contributed by atoms with Crippen LogP contribution in [-0.2, 0) is 20.7 Å². The van der Waals surface area contributed by atoms with Crippen molar-refractivity contribution in [3.8, 4) is 0 Å². The third kappa shape index (κ3) is 8.50. The Kier molecular flexibility index (Phi) is 10.6. The zero-order valence-electron chi connectivity index (χ0n) is 21.6. The number of thioether (sulfide) groups is 1. The molecule has 1 aromatic carbocycles. The average molecular weight is 592 g/mol. The molecule has 1 fully saturated rings. The van der Waals surface area contributed by atoms with Crippen molar-refractivity contribution in [1.29, 1.82) is 0 Å². The highest BCUT2D eigenvalue weighted by Crippen LogP contribution is 2.30. The number of rotatable bonds is 14. The number of hydrogen-bond donors (Lipinski definition) is 2. The first-order chi connectivity index (χ1) is 17.4. The Labute approximate surface area is 229 Å². The first-order valence-electron chi connectivity index (χ1n) is 12.1. The molecule has 2 heterocycles. The van der Waals surface area contributed by atoms with Crippen molar-refractivity contribution in [3.05, 3.63) is 40.7 Å². The molecule has 1 atom stereocenters. The van der Waals surface area contributed by atoms with Crippen LogP contribution in [0.3, 0.4) is 0 Å². The Bertz CT molecular complexity index is 1170. The summed E-state index contributed by atoms with van der Waals surface area (Å²) in [4.78, 5) is 8.98. The van der Waals surface area contributed by atoms with Crippen molar-refractivity contribution in [2.75, 3.05) is 42.7 Å². The van der Waals surface area contributed by atoms with E-state index in [9.17, 15) is 17.9 Å². The number of halogens is 2. The van der Waals surface area contributed by atoms with Gasteiger partial charge in [0.05, 0.1) is 11.6 Å². The number of hydrogen-bond acceptors (Lipinski definition) is 8. The Morgan fingerprint density at radius 3 is 2.68 bits per heavy atom. The van der Waals surface area contributed by atoms with E-state index in [-0.39, 0.29) is 41.1 Å². The summed E-state index contributed by atoms with van der Waals surface area (Å²) in [6.45, 7) is 9.40. The molecule has 2 N–H and O–H groups in total. The maximum absolute atomic E-state index is 14.4. The average Bonchev–Trinajstić information content (AvgIpc) is 2.77. The van der Waals surface area contributed by atoms with Crippen LogP contribution in [-0.4, -0.2) is 74.9 Å². The number of nitrogens with zero attached hydrogens (tertiary/aromatic N) is 4. The number of anilines is 2. The zero-order valence-corrected chi connectivity index (χ0v) is 25.0. The quantitative estimate of drug-likeness (QED) is 0.109. The fourth-order valence-electron chi connectivity index (χ4n) is 3.21. The van der Waals surface area contributed by atoms with Gasteiger partial charge in [-0.15, -0.1) is 0 Å². The Hall–Kier alpha value is -1.48. The van der Waals surface area contributed by atoms with Gasteiger partial charge in [0.1, 0.15) is 18.4 Å². The predicted molar refractivity (Wildman–Crippen MR) is 150 cm³/mol. The summed E-state index contributed by atoms with van der Waals surface area (Å²) in [7, 11) is -5.25. The summed E-state index contributed by atoms with van der Waals surface area (Å²) < 4.78 is 49.7. The van der Waals surface area contributed by atoms with Crippen LogP contribution < -0.4 is 9.62 Å². The lowest BCUT2D eigenvalue weighted by atomic mass is 10.2. The Balaban J connectivity index is 1.92. The summed E-state index contributed by atoms with van der Waals surface area (Å²) in [6.07, 6.45) is 0.792. The van der Waals surface area contributed by atoms with E-state index in [4.69, 9.17) is 16.3 Å². The number of aliphatic hydroxyl groups excluding tert-OH is 1. The summed E-state index contributed by atoms with van der Waals surface area (Å²) in [5, 5.41) is 12.8. The van der Waals surface area contributed by atoms with Crippen molar-refractivity contribution in [1.82, 2.24) is 14.3 Å². The number of aliphatic hydroxyl groups is 1. The van der Waals surface area contributed by atoms with Crippen molar-refractivity contribution >= 4 is 53.3 Å². The van der Waals surface area contributed by atoms with Gasteiger partial charge in [-0.3, -0.25) is 0 Å². The third-order valence-corrected chi connectivity index (χ3v) is 10.4. The van der Waals surface area contributed by atoms with Gasteiger partial charge >= 0.3 is 10.2 Å². The van der Waals surface area contributed by atoms with Gasteiger partial charge in [0.15, 0.2) is 11.0 Å². The molecular formula is C23H35ClFN5O4S2Si. The van der Waals surface area contributed by atoms with Crippen LogP contribution in [0.25, 0.3) is 0 Å². The smallest absolute Gasteiger partial charge is 0.307 e. The van der Waals surface area contributed by atoms with E-state index >= 15 is 0 Å². The molecule has 3 rings (SSSR count).